The number of rotatable bonds is 5. The van der Waals surface area contributed by atoms with Crippen molar-refractivity contribution in [3.05, 3.63) is 59.1 Å². The van der Waals surface area contributed by atoms with Gasteiger partial charge in [-0.2, -0.15) is 9.94 Å². The fourth-order valence-corrected chi connectivity index (χ4v) is 3.07. The van der Waals surface area contributed by atoms with Gasteiger partial charge in [-0.3, -0.25) is 4.79 Å². The number of anilines is 1. The first-order chi connectivity index (χ1) is 12.6. The molecule has 1 heterocycles. The van der Waals surface area contributed by atoms with E-state index in [1.807, 2.05) is 0 Å². The number of carbonyl (C=O) groups is 1. The second-order valence-corrected chi connectivity index (χ2v) is 7.00. The molecule has 0 aliphatic rings. The summed E-state index contributed by atoms with van der Waals surface area (Å²) < 4.78 is 1.54. The van der Waals surface area contributed by atoms with E-state index in [1.54, 1.807) is 55.5 Å². The molecular weight excluding hydrogens is 372 g/mol. The average molecular weight is 385 g/mol. The summed E-state index contributed by atoms with van der Waals surface area (Å²) in [6.07, 6.45) is 0. The summed E-state index contributed by atoms with van der Waals surface area (Å²) in [5.74, 6) is -0.247. The van der Waals surface area contributed by atoms with Gasteiger partial charge in [0.15, 0.2) is 0 Å². The van der Waals surface area contributed by atoms with E-state index >= 15 is 0 Å². The highest BCUT2D eigenvalue weighted by atomic mass is 35.5. The molecule has 0 spiro atoms. The Labute approximate surface area is 159 Å². The van der Waals surface area contributed by atoms with Crippen LogP contribution in [-0.2, 0) is 4.79 Å². The summed E-state index contributed by atoms with van der Waals surface area (Å²) in [7, 11) is 0. The number of tetrazole rings is 1. The Morgan fingerprint density at radius 1 is 1.27 bits per heavy atom. The number of halogens is 1. The number of nitriles is 1. The molecule has 0 saturated heterocycles. The summed E-state index contributed by atoms with van der Waals surface area (Å²) >= 11 is 7.11. The Morgan fingerprint density at radius 2 is 2.00 bits per heavy atom. The fourth-order valence-electron chi connectivity index (χ4n) is 2.13. The predicted octanol–water partition coefficient (Wildman–Crippen LogP) is 3.31. The van der Waals surface area contributed by atoms with E-state index in [4.69, 9.17) is 16.9 Å². The van der Waals surface area contributed by atoms with Crippen LogP contribution in [0.15, 0.2) is 53.7 Å². The second kappa shape index (κ2) is 7.99. The molecule has 3 aromatic rings. The van der Waals surface area contributed by atoms with Gasteiger partial charge >= 0.3 is 0 Å². The van der Waals surface area contributed by atoms with Crippen molar-refractivity contribution in [1.82, 2.24) is 20.2 Å². The van der Waals surface area contributed by atoms with Gasteiger partial charge in [-0.25, -0.2) is 0 Å². The quantitative estimate of drug-likeness (QED) is 0.678. The third-order valence-corrected chi connectivity index (χ3v) is 4.75. The molecule has 0 bridgehead atoms. The van der Waals surface area contributed by atoms with Gasteiger partial charge in [0, 0.05) is 5.02 Å². The van der Waals surface area contributed by atoms with Gasteiger partial charge in [-0.15, -0.1) is 5.10 Å². The van der Waals surface area contributed by atoms with Crippen molar-refractivity contribution in [3.8, 4) is 11.8 Å². The number of nitrogens with one attached hydrogen (secondary N) is 1. The van der Waals surface area contributed by atoms with Crippen LogP contribution in [0.25, 0.3) is 5.69 Å². The number of benzene rings is 2. The summed E-state index contributed by atoms with van der Waals surface area (Å²) in [4.78, 5) is 12.5. The van der Waals surface area contributed by atoms with Crippen LogP contribution in [0.5, 0.6) is 0 Å². The van der Waals surface area contributed by atoms with E-state index in [-0.39, 0.29) is 5.91 Å². The lowest BCUT2D eigenvalue weighted by atomic mass is 10.2. The molecule has 1 N–H and O–H groups in total. The van der Waals surface area contributed by atoms with E-state index in [0.29, 0.717) is 21.4 Å². The van der Waals surface area contributed by atoms with Crippen LogP contribution < -0.4 is 5.32 Å². The topological polar surface area (TPSA) is 96.5 Å². The molecule has 1 atom stereocenters. The highest BCUT2D eigenvalue weighted by molar-refractivity contribution is 8.00. The molecular formula is C17H13ClN6OS. The summed E-state index contributed by atoms with van der Waals surface area (Å²) in [5, 5.41) is 24.1. The molecule has 7 nitrogen and oxygen atoms in total. The van der Waals surface area contributed by atoms with Crippen molar-refractivity contribution < 1.29 is 4.79 Å². The monoisotopic (exact) mass is 384 g/mol. The van der Waals surface area contributed by atoms with Gasteiger partial charge in [0.05, 0.1) is 22.2 Å². The molecule has 0 unspecified atom stereocenters. The van der Waals surface area contributed by atoms with Gasteiger partial charge in [0.25, 0.3) is 0 Å². The smallest absolute Gasteiger partial charge is 0.237 e. The zero-order valence-electron chi connectivity index (χ0n) is 13.6. The third kappa shape index (κ3) is 4.02. The van der Waals surface area contributed by atoms with E-state index < -0.39 is 5.25 Å². The number of amides is 1. The van der Waals surface area contributed by atoms with E-state index in [9.17, 15) is 4.79 Å². The van der Waals surface area contributed by atoms with Gasteiger partial charge in [0.2, 0.25) is 11.1 Å². The van der Waals surface area contributed by atoms with Crippen LogP contribution in [0.4, 0.5) is 5.69 Å². The minimum absolute atomic E-state index is 0.247. The van der Waals surface area contributed by atoms with Gasteiger partial charge in [-0.05, 0) is 53.7 Å². The van der Waals surface area contributed by atoms with Crippen LogP contribution >= 0.6 is 23.4 Å². The maximum absolute atomic E-state index is 12.5. The molecule has 1 aromatic heterocycles. The molecule has 0 aliphatic heterocycles. The van der Waals surface area contributed by atoms with Crippen molar-refractivity contribution in [2.24, 2.45) is 0 Å². The number of aromatic nitrogens is 4. The maximum atomic E-state index is 12.5. The maximum Gasteiger partial charge on any atom is 0.237 e. The van der Waals surface area contributed by atoms with Crippen molar-refractivity contribution >= 4 is 35.0 Å². The molecule has 26 heavy (non-hydrogen) atoms. The van der Waals surface area contributed by atoms with Crippen LogP contribution in [-0.4, -0.2) is 31.4 Å². The van der Waals surface area contributed by atoms with E-state index in [2.05, 4.69) is 26.9 Å². The lowest BCUT2D eigenvalue weighted by Crippen LogP contribution is -2.23. The summed E-state index contributed by atoms with van der Waals surface area (Å²) in [6.45, 7) is 1.75. The molecule has 9 heteroatoms. The predicted molar refractivity (Wildman–Crippen MR) is 99.3 cm³/mol. The molecule has 0 fully saturated rings. The highest BCUT2D eigenvalue weighted by Crippen LogP contribution is 2.25. The van der Waals surface area contributed by atoms with Crippen LogP contribution in [0.1, 0.15) is 12.5 Å². The standard InChI is InChI=1S/C17H13ClN6OS/c1-11(16(25)20-15-5-3-2-4-12(15)10-19)26-17-21-22-23-24(17)14-8-6-13(18)7-9-14/h2-9,11H,1H3,(H,20,25)/t11-/m0/s1. The van der Waals surface area contributed by atoms with Crippen LogP contribution in [0.2, 0.25) is 5.02 Å². The SMILES string of the molecule is C[C@H](Sc1nnnn1-c1ccc(Cl)cc1)C(=O)Nc1ccccc1C#N. The Bertz CT molecular complexity index is 966. The summed E-state index contributed by atoms with van der Waals surface area (Å²) in [6, 6.07) is 15.9. The van der Waals surface area contributed by atoms with Crippen LogP contribution in [0, 0.1) is 11.3 Å². The Hall–Kier alpha value is -2.89. The van der Waals surface area contributed by atoms with E-state index in [0.717, 1.165) is 5.69 Å². The molecule has 0 aliphatic carbocycles. The molecule has 3 rings (SSSR count). The number of carbonyl (C=O) groups excluding carboxylic acids is 1. The Morgan fingerprint density at radius 3 is 2.73 bits per heavy atom. The zero-order chi connectivity index (χ0) is 18.5. The average Bonchev–Trinajstić information content (AvgIpc) is 3.10. The zero-order valence-corrected chi connectivity index (χ0v) is 15.2. The molecule has 2 aromatic carbocycles. The first kappa shape index (κ1) is 17.9. The van der Waals surface area contributed by atoms with Crippen molar-refractivity contribution in [2.45, 2.75) is 17.3 Å². The normalized spacial score (nSPS) is 11.6. The lowest BCUT2D eigenvalue weighted by Gasteiger charge is -2.12. The number of hydrogen-bond donors (Lipinski definition) is 1. The minimum atomic E-state index is -0.473. The lowest BCUT2D eigenvalue weighted by molar-refractivity contribution is -0.115. The number of thioether (sulfide) groups is 1. The summed E-state index contributed by atoms with van der Waals surface area (Å²) in [5.41, 5.74) is 1.62. The second-order valence-electron chi connectivity index (χ2n) is 5.26. The van der Waals surface area contributed by atoms with Gasteiger partial charge in [-0.1, -0.05) is 35.5 Å². The largest absolute Gasteiger partial charge is 0.324 e. The van der Waals surface area contributed by atoms with Gasteiger partial charge in [0.1, 0.15) is 6.07 Å². The first-order valence-corrected chi connectivity index (χ1v) is 8.85. The molecule has 0 saturated carbocycles. The van der Waals surface area contributed by atoms with Crippen LogP contribution in [0.3, 0.4) is 0 Å². The molecule has 130 valence electrons. The Kier molecular flexibility index (Phi) is 5.51. The highest BCUT2D eigenvalue weighted by Gasteiger charge is 2.20. The Balaban J connectivity index is 1.73. The number of para-hydroxylation sites is 1. The third-order valence-electron chi connectivity index (χ3n) is 3.47. The van der Waals surface area contributed by atoms with Crippen molar-refractivity contribution in [1.29, 1.82) is 5.26 Å². The number of nitrogens with zero attached hydrogens (tertiary/aromatic N) is 5. The van der Waals surface area contributed by atoms with E-state index in [1.165, 1.54) is 16.4 Å². The van der Waals surface area contributed by atoms with Crippen molar-refractivity contribution in [3.63, 3.8) is 0 Å². The van der Waals surface area contributed by atoms with Gasteiger partial charge < -0.3 is 5.32 Å². The minimum Gasteiger partial charge on any atom is -0.324 e. The first-order valence-electron chi connectivity index (χ1n) is 7.59. The fraction of sp³-hybridized carbons (Fsp3) is 0.118. The molecule has 1 amide bonds. The number of hydrogen-bond acceptors (Lipinski definition) is 6. The van der Waals surface area contributed by atoms with Crippen molar-refractivity contribution in [2.75, 3.05) is 5.32 Å². The molecule has 0 radical (unpaired) electrons.